The number of aromatic nitrogens is 1. The van der Waals surface area contributed by atoms with E-state index in [1.54, 1.807) is 0 Å². The van der Waals surface area contributed by atoms with Crippen LogP contribution in [0.4, 0.5) is 0 Å². The molecule has 3 rings (SSSR count). The quantitative estimate of drug-likeness (QED) is 0.911. The Hall–Kier alpha value is -0.930. The Morgan fingerprint density at radius 3 is 2.79 bits per heavy atom. The van der Waals surface area contributed by atoms with Crippen LogP contribution in [0.25, 0.3) is 10.2 Å². The maximum atomic E-state index is 4.77. The van der Waals surface area contributed by atoms with Crippen LogP contribution in [0.1, 0.15) is 37.1 Å². The fourth-order valence-electron chi connectivity index (χ4n) is 3.24. The third kappa shape index (κ3) is 2.98. The van der Waals surface area contributed by atoms with Crippen molar-refractivity contribution in [2.45, 2.75) is 44.6 Å². The second kappa shape index (κ2) is 6.02. The Morgan fingerprint density at radius 1 is 1.26 bits per heavy atom. The SMILES string of the molecule is CNC(Cc1nc2ccccc2s1)C1CCCCC1. The Morgan fingerprint density at radius 2 is 2.05 bits per heavy atom. The molecule has 1 aromatic carbocycles. The topological polar surface area (TPSA) is 24.9 Å². The molecule has 1 N–H and O–H groups in total. The number of hydrogen-bond acceptors (Lipinski definition) is 3. The Labute approximate surface area is 119 Å². The first kappa shape index (κ1) is 13.1. The van der Waals surface area contributed by atoms with Gasteiger partial charge in [0.05, 0.1) is 15.2 Å². The zero-order valence-corrected chi connectivity index (χ0v) is 12.4. The molecule has 102 valence electrons. The molecule has 1 unspecified atom stereocenters. The smallest absolute Gasteiger partial charge is 0.0954 e. The van der Waals surface area contributed by atoms with Gasteiger partial charge in [0.1, 0.15) is 0 Å². The standard InChI is InChI=1S/C16H22N2S/c1-17-14(12-7-3-2-4-8-12)11-16-18-13-9-5-6-10-15(13)19-16/h5-6,9-10,12,14,17H,2-4,7-8,11H2,1H3. The van der Waals surface area contributed by atoms with Crippen molar-refractivity contribution >= 4 is 21.6 Å². The van der Waals surface area contributed by atoms with Crippen molar-refractivity contribution in [3.63, 3.8) is 0 Å². The second-order valence-corrected chi connectivity index (χ2v) is 6.69. The average molecular weight is 274 g/mol. The van der Waals surface area contributed by atoms with Gasteiger partial charge in [-0.3, -0.25) is 0 Å². The first-order chi connectivity index (χ1) is 9.36. The fraction of sp³-hybridized carbons (Fsp3) is 0.562. The third-order valence-electron chi connectivity index (χ3n) is 4.32. The molecule has 0 spiro atoms. The maximum absolute atomic E-state index is 4.77. The summed E-state index contributed by atoms with van der Waals surface area (Å²) in [4.78, 5) is 4.77. The van der Waals surface area contributed by atoms with Crippen molar-refractivity contribution in [2.24, 2.45) is 5.92 Å². The van der Waals surface area contributed by atoms with E-state index in [4.69, 9.17) is 4.98 Å². The summed E-state index contributed by atoms with van der Waals surface area (Å²) in [6, 6.07) is 9.06. The minimum absolute atomic E-state index is 0.598. The van der Waals surface area contributed by atoms with E-state index in [0.717, 1.165) is 17.9 Å². The van der Waals surface area contributed by atoms with E-state index in [0.29, 0.717) is 6.04 Å². The lowest BCUT2D eigenvalue weighted by molar-refractivity contribution is 0.276. The lowest BCUT2D eigenvalue weighted by atomic mass is 9.83. The molecule has 0 aliphatic heterocycles. The molecule has 0 bridgehead atoms. The highest BCUT2D eigenvalue weighted by Gasteiger charge is 2.23. The zero-order chi connectivity index (χ0) is 13.1. The minimum atomic E-state index is 0.598. The van der Waals surface area contributed by atoms with Crippen LogP contribution in [0.2, 0.25) is 0 Å². The van der Waals surface area contributed by atoms with Crippen LogP contribution < -0.4 is 5.32 Å². The van der Waals surface area contributed by atoms with Crippen molar-refractivity contribution < 1.29 is 0 Å². The lowest BCUT2D eigenvalue weighted by Crippen LogP contribution is -2.36. The number of fused-ring (bicyclic) bond motifs is 1. The highest BCUT2D eigenvalue weighted by Crippen LogP contribution is 2.29. The number of para-hydroxylation sites is 1. The van der Waals surface area contributed by atoms with Gasteiger partial charge in [0.15, 0.2) is 0 Å². The molecule has 19 heavy (non-hydrogen) atoms. The Bertz CT molecular complexity index is 495. The van der Waals surface area contributed by atoms with Crippen molar-refractivity contribution in [3.8, 4) is 0 Å². The van der Waals surface area contributed by atoms with Crippen LogP contribution in [0.5, 0.6) is 0 Å². The lowest BCUT2D eigenvalue weighted by Gasteiger charge is -2.29. The molecule has 1 aromatic heterocycles. The van der Waals surface area contributed by atoms with Crippen LogP contribution in [-0.2, 0) is 6.42 Å². The van der Waals surface area contributed by atoms with E-state index in [1.807, 2.05) is 11.3 Å². The molecule has 1 aliphatic carbocycles. The number of likely N-dealkylation sites (N-methyl/N-ethyl adjacent to an activating group) is 1. The van der Waals surface area contributed by atoms with Crippen LogP contribution in [-0.4, -0.2) is 18.1 Å². The molecule has 1 fully saturated rings. The van der Waals surface area contributed by atoms with Gasteiger partial charge in [-0.2, -0.15) is 0 Å². The number of nitrogens with zero attached hydrogens (tertiary/aromatic N) is 1. The van der Waals surface area contributed by atoms with Crippen LogP contribution in [0.3, 0.4) is 0 Å². The summed E-state index contributed by atoms with van der Waals surface area (Å²) < 4.78 is 1.32. The molecule has 1 aliphatic rings. The second-order valence-electron chi connectivity index (χ2n) is 5.57. The molecule has 0 saturated heterocycles. The van der Waals surface area contributed by atoms with Gasteiger partial charge in [-0.1, -0.05) is 31.4 Å². The van der Waals surface area contributed by atoms with E-state index in [9.17, 15) is 0 Å². The summed E-state index contributed by atoms with van der Waals surface area (Å²) >= 11 is 1.85. The Balaban J connectivity index is 1.74. The van der Waals surface area contributed by atoms with Crippen molar-refractivity contribution in [1.29, 1.82) is 0 Å². The summed E-state index contributed by atoms with van der Waals surface area (Å²) in [7, 11) is 2.10. The number of nitrogens with one attached hydrogen (secondary N) is 1. The molecular weight excluding hydrogens is 252 g/mol. The van der Waals surface area contributed by atoms with Crippen LogP contribution in [0, 0.1) is 5.92 Å². The summed E-state index contributed by atoms with van der Waals surface area (Å²) in [6.45, 7) is 0. The molecule has 2 aromatic rings. The predicted molar refractivity (Wildman–Crippen MR) is 82.7 cm³/mol. The summed E-state index contributed by atoms with van der Waals surface area (Å²) in [6.07, 6.45) is 8.09. The molecular formula is C16H22N2S. The van der Waals surface area contributed by atoms with E-state index in [1.165, 1.54) is 41.8 Å². The average Bonchev–Trinajstić information content (AvgIpc) is 2.88. The van der Waals surface area contributed by atoms with E-state index in [2.05, 4.69) is 36.6 Å². The maximum Gasteiger partial charge on any atom is 0.0954 e. The van der Waals surface area contributed by atoms with Gasteiger partial charge in [0.2, 0.25) is 0 Å². The minimum Gasteiger partial charge on any atom is -0.316 e. The monoisotopic (exact) mass is 274 g/mol. The number of benzene rings is 1. The first-order valence-corrected chi connectivity index (χ1v) is 8.20. The first-order valence-electron chi connectivity index (χ1n) is 7.38. The van der Waals surface area contributed by atoms with Crippen molar-refractivity contribution in [3.05, 3.63) is 29.3 Å². The van der Waals surface area contributed by atoms with Gasteiger partial charge in [0.25, 0.3) is 0 Å². The van der Waals surface area contributed by atoms with E-state index < -0.39 is 0 Å². The fourth-order valence-corrected chi connectivity index (χ4v) is 4.26. The normalized spacial score (nSPS) is 18.8. The summed E-state index contributed by atoms with van der Waals surface area (Å²) in [5.74, 6) is 0.839. The predicted octanol–water partition coefficient (Wildman–Crippen LogP) is 4.01. The molecule has 1 saturated carbocycles. The van der Waals surface area contributed by atoms with Crippen molar-refractivity contribution in [1.82, 2.24) is 10.3 Å². The largest absolute Gasteiger partial charge is 0.316 e. The molecule has 2 nitrogen and oxygen atoms in total. The number of hydrogen-bond donors (Lipinski definition) is 1. The van der Waals surface area contributed by atoms with Gasteiger partial charge in [-0.25, -0.2) is 4.98 Å². The van der Waals surface area contributed by atoms with Crippen LogP contribution in [0.15, 0.2) is 24.3 Å². The zero-order valence-electron chi connectivity index (χ0n) is 11.6. The molecule has 1 heterocycles. The molecule has 1 atom stereocenters. The van der Waals surface area contributed by atoms with Gasteiger partial charge in [-0.15, -0.1) is 11.3 Å². The van der Waals surface area contributed by atoms with Crippen LogP contribution >= 0.6 is 11.3 Å². The number of thiazole rings is 1. The highest BCUT2D eigenvalue weighted by molar-refractivity contribution is 7.18. The summed E-state index contributed by atoms with van der Waals surface area (Å²) in [5, 5.41) is 4.81. The van der Waals surface area contributed by atoms with Gasteiger partial charge < -0.3 is 5.32 Å². The number of rotatable bonds is 4. The molecule has 3 heteroatoms. The summed E-state index contributed by atoms with van der Waals surface area (Å²) in [5.41, 5.74) is 1.15. The third-order valence-corrected chi connectivity index (χ3v) is 5.38. The van der Waals surface area contributed by atoms with Gasteiger partial charge in [0, 0.05) is 12.5 Å². The highest BCUT2D eigenvalue weighted by atomic mass is 32.1. The molecule has 0 radical (unpaired) electrons. The van der Waals surface area contributed by atoms with Crippen molar-refractivity contribution in [2.75, 3.05) is 7.05 Å². The van der Waals surface area contributed by atoms with Gasteiger partial charge >= 0.3 is 0 Å². The van der Waals surface area contributed by atoms with E-state index in [-0.39, 0.29) is 0 Å². The van der Waals surface area contributed by atoms with E-state index >= 15 is 0 Å². The van der Waals surface area contributed by atoms with Gasteiger partial charge in [-0.05, 0) is 37.9 Å². The molecule has 0 amide bonds. The Kier molecular flexibility index (Phi) is 4.14.